The summed E-state index contributed by atoms with van der Waals surface area (Å²) in [6, 6.07) is 11.2. The number of fused-ring (bicyclic) bond motifs is 1. The zero-order valence-corrected chi connectivity index (χ0v) is 19.0. The molecule has 4 nitrogen and oxygen atoms in total. The number of hydrogen-bond acceptors (Lipinski definition) is 3. The summed E-state index contributed by atoms with van der Waals surface area (Å²) in [6.07, 6.45) is 3.00. The van der Waals surface area contributed by atoms with Crippen LogP contribution in [0.2, 0.25) is 0 Å². The van der Waals surface area contributed by atoms with Crippen molar-refractivity contribution in [3.8, 4) is 0 Å². The number of amides is 1. The Hall–Kier alpha value is -2.46. The largest absolute Gasteiger partial charge is 0.289 e. The molecule has 0 fully saturated rings. The number of rotatable bonds is 6. The van der Waals surface area contributed by atoms with E-state index in [4.69, 9.17) is 4.84 Å². The first kappa shape index (κ1) is 22.2. The lowest BCUT2D eigenvalue weighted by molar-refractivity contribution is 0.0314. The van der Waals surface area contributed by atoms with Gasteiger partial charge in [0.1, 0.15) is 0 Å². The van der Waals surface area contributed by atoms with Gasteiger partial charge in [0.05, 0.1) is 12.2 Å². The Morgan fingerprint density at radius 2 is 1.50 bits per heavy atom. The summed E-state index contributed by atoms with van der Waals surface area (Å²) >= 11 is 0. The molecule has 1 amide bonds. The zero-order valence-electron chi connectivity index (χ0n) is 19.0. The number of benzene rings is 2. The van der Waals surface area contributed by atoms with Crippen LogP contribution in [0.15, 0.2) is 36.4 Å². The van der Waals surface area contributed by atoms with Crippen molar-refractivity contribution in [2.75, 3.05) is 6.61 Å². The van der Waals surface area contributed by atoms with Crippen molar-refractivity contribution in [1.29, 1.82) is 0 Å². The average molecular weight is 408 g/mol. The van der Waals surface area contributed by atoms with E-state index >= 15 is 0 Å². The summed E-state index contributed by atoms with van der Waals surface area (Å²) < 4.78 is 0. The van der Waals surface area contributed by atoms with Crippen molar-refractivity contribution in [3.63, 3.8) is 0 Å². The van der Waals surface area contributed by atoms with E-state index in [-0.39, 0.29) is 16.6 Å². The normalized spacial score (nSPS) is 16.6. The lowest BCUT2D eigenvalue weighted by Crippen LogP contribution is -2.34. The lowest BCUT2D eigenvalue weighted by atomic mass is 9.62. The maximum atomic E-state index is 13.6. The predicted molar refractivity (Wildman–Crippen MR) is 120 cm³/mol. The Morgan fingerprint density at radius 3 is 2.10 bits per heavy atom. The van der Waals surface area contributed by atoms with Crippen molar-refractivity contribution in [2.45, 2.75) is 71.6 Å². The summed E-state index contributed by atoms with van der Waals surface area (Å²) in [5.74, 6) is -0.528. The minimum absolute atomic E-state index is 0.0124. The summed E-state index contributed by atoms with van der Waals surface area (Å²) in [4.78, 5) is 31.3. The Balaban J connectivity index is 2.04. The Labute approximate surface area is 180 Å². The lowest BCUT2D eigenvalue weighted by Gasteiger charge is -2.42. The van der Waals surface area contributed by atoms with Gasteiger partial charge in [-0.05, 0) is 65.8 Å². The molecule has 2 aromatic rings. The highest BCUT2D eigenvalue weighted by Crippen LogP contribution is 2.46. The van der Waals surface area contributed by atoms with Crippen LogP contribution in [-0.4, -0.2) is 18.3 Å². The predicted octanol–water partition coefficient (Wildman–Crippen LogP) is 5.65. The minimum Gasteiger partial charge on any atom is -0.289 e. The molecule has 0 bridgehead atoms. The number of carbonyl (C=O) groups excluding carboxylic acids is 2. The molecule has 0 saturated carbocycles. The minimum atomic E-state index is -0.399. The number of carbonyl (C=O) groups is 2. The first-order valence-electron chi connectivity index (χ1n) is 10.8. The maximum absolute atomic E-state index is 13.6. The zero-order chi connectivity index (χ0) is 22.1. The maximum Gasteiger partial charge on any atom is 0.275 e. The molecule has 0 unspecified atom stereocenters. The molecule has 3 rings (SSSR count). The van der Waals surface area contributed by atoms with Crippen molar-refractivity contribution >= 4 is 11.7 Å². The molecule has 30 heavy (non-hydrogen) atoms. The van der Waals surface area contributed by atoms with Crippen LogP contribution in [0.3, 0.4) is 0 Å². The quantitative estimate of drug-likeness (QED) is 0.383. The number of hydrogen-bond donors (Lipinski definition) is 1. The fourth-order valence-corrected chi connectivity index (χ4v) is 4.26. The van der Waals surface area contributed by atoms with Gasteiger partial charge >= 0.3 is 0 Å². The van der Waals surface area contributed by atoms with Gasteiger partial charge in [-0.3, -0.25) is 14.4 Å². The van der Waals surface area contributed by atoms with Gasteiger partial charge in [0.15, 0.2) is 5.78 Å². The Bertz CT molecular complexity index is 972. The van der Waals surface area contributed by atoms with E-state index in [1.807, 2.05) is 13.8 Å². The van der Waals surface area contributed by atoms with Crippen LogP contribution in [-0.2, 0) is 15.7 Å². The van der Waals surface area contributed by atoms with E-state index < -0.39 is 5.91 Å². The molecule has 160 valence electrons. The second-order valence-corrected chi connectivity index (χ2v) is 9.63. The molecule has 0 heterocycles. The highest BCUT2D eigenvalue weighted by atomic mass is 16.6. The van der Waals surface area contributed by atoms with E-state index in [0.717, 1.165) is 24.8 Å². The van der Waals surface area contributed by atoms with Gasteiger partial charge in [-0.15, -0.1) is 0 Å². The standard InChI is InChI=1S/C26H33NO3/c1-7-14-30-27-24(29)19-11-9-8-10-18(19)23(28)20-16-22-21(15-17(20)2)25(3,4)12-13-26(22,5)6/h8-11,15-16H,7,12-14H2,1-6H3,(H,27,29). The molecule has 0 aliphatic heterocycles. The fourth-order valence-electron chi connectivity index (χ4n) is 4.26. The molecule has 1 aliphatic carbocycles. The number of aryl methyl sites for hydroxylation is 1. The van der Waals surface area contributed by atoms with Crippen molar-refractivity contribution in [1.82, 2.24) is 5.48 Å². The highest BCUT2D eigenvalue weighted by molar-refractivity contribution is 6.15. The summed E-state index contributed by atoms with van der Waals surface area (Å²) in [7, 11) is 0. The molecule has 1 aliphatic rings. The van der Waals surface area contributed by atoms with Crippen LogP contribution < -0.4 is 5.48 Å². The number of nitrogens with one attached hydrogen (secondary N) is 1. The van der Waals surface area contributed by atoms with Crippen LogP contribution in [0.5, 0.6) is 0 Å². The second kappa shape index (κ2) is 8.35. The third-order valence-corrected chi connectivity index (χ3v) is 6.33. The number of ketones is 1. The van der Waals surface area contributed by atoms with Gasteiger partial charge < -0.3 is 0 Å². The van der Waals surface area contributed by atoms with Crippen LogP contribution >= 0.6 is 0 Å². The second-order valence-electron chi connectivity index (χ2n) is 9.63. The molecule has 1 N–H and O–H groups in total. The molecular formula is C26H33NO3. The molecule has 0 radical (unpaired) electrons. The van der Waals surface area contributed by atoms with Crippen LogP contribution in [0, 0.1) is 6.92 Å². The van der Waals surface area contributed by atoms with Crippen molar-refractivity contribution in [3.05, 3.63) is 69.8 Å². The van der Waals surface area contributed by atoms with Gasteiger partial charge in [0.25, 0.3) is 5.91 Å². The Morgan fingerprint density at radius 1 is 0.933 bits per heavy atom. The van der Waals surface area contributed by atoms with E-state index in [1.54, 1.807) is 24.3 Å². The number of hydroxylamine groups is 1. The topological polar surface area (TPSA) is 55.4 Å². The van der Waals surface area contributed by atoms with Crippen LogP contribution in [0.4, 0.5) is 0 Å². The van der Waals surface area contributed by atoms with E-state index in [1.165, 1.54) is 11.1 Å². The Kier molecular flexibility index (Phi) is 6.19. The monoisotopic (exact) mass is 407 g/mol. The van der Waals surface area contributed by atoms with Crippen molar-refractivity contribution < 1.29 is 14.4 Å². The molecular weight excluding hydrogens is 374 g/mol. The van der Waals surface area contributed by atoms with E-state index in [9.17, 15) is 9.59 Å². The van der Waals surface area contributed by atoms with Gasteiger partial charge in [-0.1, -0.05) is 58.9 Å². The molecule has 0 saturated heterocycles. The average Bonchev–Trinajstić information content (AvgIpc) is 2.71. The van der Waals surface area contributed by atoms with Crippen LogP contribution in [0.1, 0.15) is 96.9 Å². The van der Waals surface area contributed by atoms with Gasteiger partial charge in [0, 0.05) is 11.1 Å². The van der Waals surface area contributed by atoms with Gasteiger partial charge in [-0.2, -0.15) is 0 Å². The summed E-state index contributed by atoms with van der Waals surface area (Å²) in [5.41, 5.74) is 7.44. The molecule has 0 aromatic heterocycles. The molecule has 0 atom stereocenters. The third-order valence-electron chi connectivity index (χ3n) is 6.33. The fraction of sp³-hybridized carbons (Fsp3) is 0.462. The van der Waals surface area contributed by atoms with Crippen molar-refractivity contribution in [2.24, 2.45) is 0 Å². The summed E-state index contributed by atoms with van der Waals surface area (Å²) in [5, 5.41) is 0. The van der Waals surface area contributed by atoms with Gasteiger partial charge in [-0.25, -0.2) is 5.48 Å². The highest BCUT2D eigenvalue weighted by Gasteiger charge is 2.38. The van der Waals surface area contributed by atoms with E-state index in [0.29, 0.717) is 23.3 Å². The molecule has 0 spiro atoms. The summed E-state index contributed by atoms with van der Waals surface area (Å²) in [6.45, 7) is 13.4. The SMILES string of the molecule is CCCONC(=O)c1ccccc1C(=O)c1cc2c(cc1C)C(C)(C)CCC2(C)C. The van der Waals surface area contributed by atoms with Crippen LogP contribution in [0.25, 0.3) is 0 Å². The molecule has 4 heteroatoms. The molecule has 2 aromatic carbocycles. The first-order chi connectivity index (χ1) is 14.1. The first-order valence-corrected chi connectivity index (χ1v) is 10.8. The smallest absolute Gasteiger partial charge is 0.275 e. The van der Waals surface area contributed by atoms with E-state index in [2.05, 4.69) is 45.3 Å². The third kappa shape index (κ3) is 4.20. The van der Waals surface area contributed by atoms with Gasteiger partial charge in [0.2, 0.25) is 0 Å².